The summed E-state index contributed by atoms with van der Waals surface area (Å²) in [6.07, 6.45) is -3.82. The lowest BCUT2D eigenvalue weighted by molar-refractivity contribution is -0.137. The average molecular weight is 413 g/mol. The molecule has 9 heteroatoms. The fourth-order valence-electron chi connectivity index (χ4n) is 2.54. The van der Waals surface area contributed by atoms with Crippen LogP contribution in [0.2, 0.25) is 5.02 Å². The van der Waals surface area contributed by atoms with Crippen molar-refractivity contribution in [3.05, 3.63) is 58.2 Å². The van der Waals surface area contributed by atoms with E-state index in [0.29, 0.717) is 13.0 Å². The van der Waals surface area contributed by atoms with Crippen LogP contribution in [0.25, 0.3) is 16.8 Å². The van der Waals surface area contributed by atoms with E-state index in [4.69, 9.17) is 28.8 Å². The molecule has 0 saturated carbocycles. The second kappa shape index (κ2) is 8.43. The standard InChI is InChI=1S/C19H20ClF3N4O/c1-2-8-27-18(28)17(26)16(25)12-5-3-4-11(15(12)24)13-9-10(19(21,22)23)6-7-14(13)20/h3-7,9H,2,8,24-26H2,1H3,(H,27,28)/b17-16+. The van der Waals surface area contributed by atoms with Crippen LogP contribution in [-0.4, -0.2) is 12.5 Å². The molecule has 28 heavy (non-hydrogen) atoms. The molecule has 5 nitrogen and oxygen atoms in total. The predicted octanol–water partition coefficient (Wildman–Crippen LogP) is 3.72. The molecule has 0 spiro atoms. The van der Waals surface area contributed by atoms with E-state index in [1.807, 2.05) is 6.92 Å². The molecule has 0 radical (unpaired) electrons. The van der Waals surface area contributed by atoms with Crippen molar-refractivity contribution < 1.29 is 18.0 Å². The van der Waals surface area contributed by atoms with Crippen molar-refractivity contribution in [1.82, 2.24) is 5.32 Å². The van der Waals surface area contributed by atoms with Gasteiger partial charge in [0.15, 0.2) is 0 Å². The number of anilines is 1. The van der Waals surface area contributed by atoms with Crippen LogP contribution in [0, 0.1) is 0 Å². The third kappa shape index (κ3) is 4.51. The number of nitrogens with two attached hydrogens (primary N) is 3. The van der Waals surface area contributed by atoms with Crippen LogP contribution in [0.15, 0.2) is 42.1 Å². The molecule has 2 aromatic carbocycles. The highest BCUT2D eigenvalue weighted by Gasteiger charge is 2.31. The summed E-state index contributed by atoms with van der Waals surface area (Å²) in [6, 6.07) is 7.53. The summed E-state index contributed by atoms with van der Waals surface area (Å²) in [5, 5.41) is 2.68. The first-order valence-corrected chi connectivity index (χ1v) is 8.75. The first-order valence-electron chi connectivity index (χ1n) is 8.37. The zero-order valence-corrected chi connectivity index (χ0v) is 15.8. The molecule has 2 aromatic rings. The van der Waals surface area contributed by atoms with E-state index in [1.165, 1.54) is 12.1 Å². The summed E-state index contributed by atoms with van der Waals surface area (Å²) < 4.78 is 39.2. The van der Waals surface area contributed by atoms with E-state index in [1.54, 1.807) is 6.07 Å². The van der Waals surface area contributed by atoms with Gasteiger partial charge in [0.1, 0.15) is 5.70 Å². The number of carbonyl (C=O) groups is 1. The van der Waals surface area contributed by atoms with Crippen molar-refractivity contribution in [2.45, 2.75) is 19.5 Å². The molecule has 0 saturated heterocycles. The number of halogens is 4. The van der Waals surface area contributed by atoms with Gasteiger partial charge in [-0.3, -0.25) is 4.79 Å². The van der Waals surface area contributed by atoms with E-state index >= 15 is 0 Å². The summed E-state index contributed by atoms with van der Waals surface area (Å²) in [5.41, 5.74) is 17.4. The predicted molar refractivity (Wildman–Crippen MR) is 105 cm³/mol. The van der Waals surface area contributed by atoms with Gasteiger partial charge in [-0.1, -0.05) is 36.7 Å². The Morgan fingerprint density at radius 2 is 1.82 bits per heavy atom. The Bertz CT molecular complexity index is 926. The molecular formula is C19H20ClF3N4O. The molecule has 0 aliphatic heterocycles. The molecule has 0 aliphatic rings. The molecule has 1 amide bonds. The fraction of sp³-hybridized carbons (Fsp3) is 0.211. The zero-order valence-electron chi connectivity index (χ0n) is 15.0. The first kappa shape index (κ1) is 21.4. The molecule has 2 rings (SSSR count). The number of amides is 1. The largest absolute Gasteiger partial charge is 0.416 e. The van der Waals surface area contributed by atoms with Crippen LogP contribution in [0.5, 0.6) is 0 Å². The van der Waals surface area contributed by atoms with Gasteiger partial charge in [0.2, 0.25) is 0 Å². The van der Waals surface area contributed by atoms with Gasteiger partial charge < -0.3 is 22.5 Å². The smallest absolute Gasteiger partial charge is 0.398 e. The van der Waals surface area contributed by atoms with E-state index in [0.717, 1.165) is 18.2 Å². The number of carbonyl (C=O) groups excluding carboxylic acids is 1. The first-order chi connectivity index (χ1) is 13.1. The Balaban J connectivity index is 2.56. The third-order valence-electron chi connectivity index (χ3n) is 4.05. The Morgan fingerprint density at radius 1 is 1.14 bits per heavy atom. The highest BCUT2D eigenvalue weighted by Crippen LogP contribution is 2.39. The average Bonchev–Trinajstić information content (AvgIpc) is 2.64. The lowest BCUT2D eigenvalue weighted by atomic mass is 9.96. The number of benzene rings is 2. The van der Waals surface area contributed by atoms with Gasteiger partial charge in [-0.15, -0.1) is 0 Å². The van der Waals surface area contributed by atoms with E-state index < -0.39 is 17.6 Å². The van der Waals surface area contributed by atoms with Gasteiger partial charge >= 0.3 is 6.18 Å². The molecule has 0 bridgehead atoms. The quantitative estimate of drug-likeness (QED) is 0.443. The summed E-state index contributed by atoms with van der Waals surface area (Å²) in [5.74, 6) is -0.554. The van der Waals surface area contributed by atoms with Crippen LogP contribution in [-0.2, 0) is 11.0 Å². The summed E-state index contributed by atoms with van der Waals surface area (Å²) >= 11 is 6.10. The molecule has 150 valence electrons. The number of rotatable bonds is 5. The van der Waals surface area contributed by atoms with Crippen molar-refractivity contribution in [3.8, 4) is 11.1 Å². The van der Waals surface area contributed by atoms with Crippen LogP contribution in [0.1, 0.15) is 24.5 Å². The van der Waals surface area contributed by atoms with E-state index in [-0.39, 0.29) is 38.8 Å². The molecule has 0 aliphatic carbocycles. The van der Waals surface area contributed by atoms with Crippen LogP contribution in [0.4, 0.5) is 18.9 Å². The van der Waals surface area contributed by atoms with Crippen LogP contribution >= 0.6 is 11.6 Å². The van der Waals surface area contributed by atoms with Crippen LogP contribution < -0.4 is 22.5 Å². The van der Waals surface area contributed by atoms with Gasteiger partial charge in [0.05, 0.1) is 11.3 Å². The highest BCUT2D eigenvalue weighted by molar-refractivity contribution is 6.33. The Hall–Kier alpha value is -2.87. The molecule has 0 heterocycles. The lowest BCUT2D eigenvalue weighted by Crippen LogP contribution is -2.31. The van der Waals surface area contributed by atoms with Gasteiger partial charge in [0.25, 0.3) is 5.91 Å². The minimum atomic E-state index is -4.54. The van der Waals surface area contributed by atoms with Gasteiger partial charge in [-0.25, -0.2) is 0 Å². The number of hydrogen-bond donors (Lipinski definition) is 4. The lowest BCUT2D eigenvalue weighted by Gasteiger charge is -2.16. The van der Waals surface area contributed by atoms with Crippen molar-refractivity contribution in [3.63, 3.8) is 0 Å². The summed E-state index contributed by atoms with van der Waals surface area (Å²) in [6.45, 7) is 2.30. The third-order valence-corrected chi connectivity index (χ3v) is 4.38. The van der Waals surface area contributed by atoms with Crippen molar-refractivity contribution in [2.24, 2.45) is 11.5 Å². The number of para-hydroxylation sites is 1. The van der Waals surface area contributed by atoms with Crippen LogP contribution in [0.3, 0.4) is 0 Å². The van der Waals surface area contributed by atoms with Crippen molar-refractivity contribution in [2.75, 3.05) is 12.3 Å². The summed E-state index contributed by atoms with van der Waals surface area (Å²) in [7, 11) is 0. The molecular weight excluding hydrogens is 393 g/mol. The molecule has 0 unspecified atom stereocenters. The Morgan fingerprint density at radius 3 is 2.43 bits per heavy atom. The Kier molecular flexibility index (Phi) is 6.45. The minimum absolute atomic E-state index is 0.0625. The molecule has 0 atom stereocenters. The topological polar surface area (TPSA) is 107 Å². The Labute approximate surface area is 165 Å². The fourth-order valence-corrected chi connectivity index (χ4v) is 2.76. The SMILES string of the molecule is CCCNC(=O)/C(N)=C(\N)c1cccc(-c2cc(C(F)(F)F)ccc2Cl)c1N. The monoisotopic (exact) mass is 412 g/mol. The normalized spacial score (nSPS) is 12.5. The number of nitrogens with one attached hydrogen (secondary N) is 1. The van der Waals surface area contributed by atoms with E-state index in [9.17, 15) is 18.0 Å². The summed E-state index contributed by atoms with van der Waals surface area (Å²) in [4.78, 5) is 12.0. The maximum atomic E-state index is 13.1. The van der Waals surface area contributed by atoms with Gasteiger partial charge in [-0.05, 0) is 24.6 Å². The number of alkyl halides is 3. The number of nitrogen functional groups attached to an aromatic ring is 1. The van der Waals surface area contributed by atoms with Gasteiger partial charge in [0, 0.05) is 33.9 Å². The number of hydrogen-bond acceptors (Lipinski definition) is 4. The molecule has 0 fully saturated rings. The second-order valence-electron chi connectivity index (χ2n) is 6.04. The van der Waals surface area contributed by atoms with E-state index in [2.05, 4.69) is 5.32 Å². The minimum Gasteiger partial charge on any atom is -0.398 e. The van der Waals surface area contributed by atoms with Crippen molar-refractivity contribution >= 4 is 28.9 Å². The van der Waals surface area contributed by atoms with Crippen molar-refractivity contribution in [1.29, 1.82) is 0 Å². The van der Waals surface area contributed by atoms with Gasteiger partial charge in [-0.2, -0.15) is 13.2 Å². The maximum absolute atomic E-state index is 13.1. The molecule has 7 N–H and O–H groups in total. The second-order valence-corrected chi connectivity index (χ2v) is 6.45. The zero-order chi connectivity index (χ0) is 21.1. The molecule has 0 aromatic heterocycles. The maximum Gasteiger partial charge on any atom is 0.416 e. The highest BCUT2D eigenvalue weighted by atomic mass is 35.5.